The van der Waals surface area contributed by atoms with Crippen LogP contribution in [-0.4, -0.2) is 13.2 Å². The number of benzene rings is 1. The quantitative estimate of drug-likeness (QED) is 0.717. The van der Waals surface area contributed by atoms with Crippen molar-refractivity contribution in [2.75, 3.05) is 13.2 Å². The molecule has 1 aromatic rings. The summed E-state index contributed by atoms with van der Waals surface area (Å²) < 4.78 is 11.1. The molecule has 0 spiro atoms. The van der Waals surface area contributed by atoms with Gasteiger partial charge in [0.15, 0.2) is 0 Å². The van der Waals surface area contributed by atoms with Crippen LogP contribution in [0.2, 0.25) is 0 Å². The second kappa shape index (κ2) is 5.53. The summed E-state index contributed by atoms with van der Waals surface area (Å²) in [6.45, 7) is 7.49. The van der Waals surface area contributed by atoms with E-state index in [1.165, 1.54) is 0 Å². The van der Waals surface area contributed by atoms with Gasteiger partial charge in [0.1, 0.15) is 11.5 Å². The van der Waals surface area contributed by atoms with Crippen LogP contribution in [0.15, 0.2) is 18.2 Å². The van der Waals surface area contributed by atoms with Gasteiger partial charge in [-0.25, -0.2) is 0 Å². The highest BCUT2D eigenvalue weighted by Crippen LogP contribution is 2.28. The van der Waals surface area contributed by atoms with Crippen LogP contribution in [0.3, 0.4) is 0 Å². The van der Waals surface area contributed by atoms with E-state index >= 15 is 0 Å². The fraction of sp³-hybridized carbons (Fsp3) is 0.500. The van der Waals surface area contributed by atoms with Crippen molar-refractivity contribution in [3.8, 4) is 11.5 Å². The number of ether oxygens (including phenoxy) is 2. The maximum Gasteiger partial charge on any atom is 0.126 e. The van der Waals surface area contributed by atoms with Gasteiger partial charge in [-0.1, -0.05) is 13.0 Å². The van der Waals surface area contributed by atoms with Crippen LogP contribution in [0.1, 0.15) is 26.3 Å². The Morgan fingerprint density at radius 1 is 0.929 bits per heavy atom. The van der Waals surface area contributed by atoms with Gasteiger partial charge >= 0.3 is 0 Å². The van der Waals surface area contributed by atoms with Gasteiger partial charge in [-0.15, -0.1) is 0 Å². The lowest BCUT2D eigenvalue weighted by atomic mass is 10.1. The van der Waals surface area contributed by atoms with E-state index in [0.29, 0.717) is 13.2 Å². The Morgan fingerprint density at radius 2 is 1.43 bits per heavy atom. The first kappa shape index (κ1) is 10.9. The molecule has 0 saturated heterocycles. The smallest absolute Gasteiger partial charge is 0.126 e. The minimum atomic E-state index is 0.697. The van der Waals surface area contributed by atoms with Gasteiger partial charge in [0.25, 0.3) is 0 Å². The molecule has 0 heterocycles. The topological polar surface area (TPSA) is 18.5 Å². The molecule has 0 aliphatic rings. The van der Waals surface area contributed by atoms with Crippen molar-refractivity contribution in [2.45, 2.75) is 27.2 Å². The van der Waals surface area contributed by atoms with Gasteiger partial charge in [-0.3, -0.25) is 0 Å². The summed E-state index contributed by atoms with van der Waals surface area (Å²) in [4.78, 5) is 0. The molecule has 0 unspecified atom stereocenters. The van der Waals surface area contributed by atoms with Crippen LogP contribution in [0, 0.1) is 0 Å². The van der Waals surface area contributed by atoms with E-state index in [4.69, 9.17) is 9.47 Å². The fourth-order valence-electron chi connectivity index (χ4n) is 1.48. The molecule has 0 saturated carbocycles. The van der Waals surface area contributed by atoms with E-state index in [1.54, 1.807) is 0 Å². The van der Waals surface area contributed by atoms with Gasteiger partial charge in [0.2, 0.25) is 0 Å². The van der Waals surface area contributed by atoms with E-state index in [0.717, 1.165) is 23.5 Å². The molecule has 1 aromatic carbocycles. The zero-order valence-corrected chi connectivity index (χ0v) is 9.17. The Labute approximate surface area is 85.8 Å². The minimum Gasteiger partial charge on any atom is -0.493 e. The van der Waals surface area contributed by atoms with Crippen LogP contribution in [0.4, 0.5) is 0 Å². The minimum absolute atomic E-state index is 0.697. The third kappa shape index (κ3) is 2.41. The van der Waals surface area contributed by atoms with Crippen LogP contribution in [0.25, 0.3) is 0 Å². The zero-order valence-electron chi connectivity index (χ0n) is 9.17. The SMILES string of the molecule is CCOc1cccc(OCC)c1CC. The molecule has 0 aliphatic heterocycles. The normalized spacial score (nSPS) is 9.93. The second-order valence-corrected chi connectivity index (χ2v) is 2.95. The summed E-state index contributed by atoms with van der Waals surface area (Å²) in [6, 6.07) is 5.95. The first-order valence-electron chi connectivity index (χ1n) is 5.20. The average molecular weight is 194 g/mol. The molecule has 78 valence electrons. The van der Waals surface area contributed by atoms with E-state index in [-0.39, 0.29) is 0 Å². The van der Waals surface area contributed by atoms with E-state index in [1.807, 2.05) is 32.0 Å². The summed E-state index contributed by atoms with van der Waals surface area (Å²) in [5.41, 5.74) is 1.16. The van der Waals surface area contributed by atoms with Crippen LogP contribution in [-0.2, 0) is 6.42 Å². The molecule has 0 amide bonds. The molecule has 1 rings (SSSR count). The lowest BCUT2D eigenvalue weighted by Crippen LogP contribution is -2.00. The average Bonchev–Trinajstić information content (AvgIpc) is 2.19. The van der Waals surface area contributed by atoms with Crippen molar-refractivity contribution in [3.05, 3.63) is 23.8 Å². The number of hydrogen-bond acceptors (Lipinski definition) is 2. The largest absolute Gasteiger partial charge is 0.493 e. The Balaban J connectivity index is 2.98. The van der Waals surface area contributed by atoms with Gasteiger partial charge in [-0.2, -0.15) is 0 Å². The Bertz CT molecular complexity index is 257. The first-order valence-corrected chi connectivity index (χ1v) is 5.20. The third-order valence-corrected chi connectivity index (χ3v) is 2.04. The van der Waals surface area contributed by atoms with E-state index < -0.39 is 0 Å². The van der Waals surface area contributed by atoms with E-state index in [9.17, 15) is 0 Å². The predicted molar refractivity (Wildman–Crippen MR) is 58.2 cm³/mol. The van der Waals surface area contributed by atoms with Crippen molar-refractivity contribution >= 4 is 0 Å². The lowest BCUT2D eigenvalue weighted by Gasteiger charge is -2.13. The first-order chi connectivity index (χ1) is 6.83. The number of hydrogen-bond donors (Lipinski definition) is 0. The van der Waals surface area contributed by atoms with Crippen LogP contribution >= 0.6 is 0 Å². The van der Waals surface area contributed by atoms with Crippen LogP contribution in [0.5, 0.6) is 11.5 Å². The van der Waals surface area contributed by atoms with Crippen molar-refractivity contribution < 1.29 is 9.47 Å². The molecule has 14 heavy (non-hydrogen) atoms. The van der Waals surface area contributed by atoms with Gasteiger partial charge < -0.3 is 9.47 Å². The Kier molecular flexibility index (Phi) is 4.30. The summed E-state index contributed by atoms with van der Waals surface area (Å²) in [6.07, 6.45) is 0.936. The highest BCUT2D eigenvalue weighted by Gasteiger charge is 2.07. The fourth-order valence-corrected chi connectivity index (χ4v) is 1.48. The monoisotopic (exact) mass is 194 g/mol. The van der Waals surface area contributed by atoms with Gasteiger partial charge in [0, 0.05) is 5.56 Å². The van der Waals surface area contributed by atoms with E-state index in [2.05, 4.69) is 6.92 Å². The molecule has 0 aromatic heterocycles. The Morgan fingerprint density at radius 3 is 1.79 bits per heavy atom. The maximum absolute atomic E-state index is 5.53. The molecule has 0 fully saturated rings. The summed E-state index contributed by atoms with van der Waals surface area (Å²) >= 11 is 0. The van der Waals surface area contributed by atoms with Crippen molar-refractivity contribution in [3.63, 3.8) is 0 Å². The predicted octanol–water partition coefficient (Wildman–Crippen LogP) is 3.05. The maximum atomic E-state index is 5.53. The molecule has 0 N–H and O–H groups in total. The van der Waals surface area contributed by atoms with Gasteiger partial charge in [-0.05, 0) is 32.4 Å². The lowest BCUT2D eigenvalue weighted by molar-refractivity contribution is 0.317. The molecule has 0 bridgehead atoms. The molecule has 2 nitrogen and oxygen atoms in total. The molecule has 2 heteroatoms. The van der Waals surface area contributed by atoms with Crippen molar-refractivity contribution in [1.29, 1.82) is 0 Å². The highest BCUT2D eigenvalue weighted by atomic mass is 16.5. The van der Waals surface area contributed by atoms with Crippen molar-refractivity contribution in [2.24, 2.45) is 0 Å². The Hall–Kier alpha value is -1.18. The standard InChI is InChI=1S/C12H18O2/c1-4-10-11(13-5-2)8-7-9-12(10)14-6-3/h7-9H,4-6H2,1-3H3. The summed E-state index contributed by atoms with van der Waals surface area (Å²) in [5, 5.41) is 0. The molecule has 0 radical (unpaired) electrons. The summed E-state index contributed by atoms with van der Waals surface area (Å²) in [7, 11) is 0. The zero-order chi connectivity index (χ0) is 10.4. The van der Waals surface area contributed by atoms with Gasteiger partial charge in [0.05, 0.1) is 13.2 Å². The number of rotatable bonds is 5. The highest BCUT2D eigenvalue weighted by molar-refractivity contribution is 5.44. The second-order valence-electron chi connectivity index (χ2n) is 2.95. The van der Waals surface area contributed by atoms with Crippen molar-refractivity contribution in [1.82, 2.24) is 0 Å². The third-order valence-electron chi connectivity index (χ3n) is 2.04. The molecular formula is C12H18O2. The summed E-state index contributed by atoms with van der Waals surface area (Å²) in [5.74, 6) is 1.89. The molecule has 0 atom stereocenters. The molecule has 0 aliphatic carbocycles. The van der Waals surface area contributed by atoms with Crippen LogP contribution < -0.4 is 9.47 Å². The molecular weight excluding hydrogens is 176 g/mol.